The van der Waals surface area contributed by atoms with Gasteiger partial charge < -0.3 is 4.74 Å². The van der Waals surface area contributed by atoms with Gasteiger partial charge in [0.25, 0.3) is 0 Å². The van der Waals surface area contributed by atoms with Gasteiger partial charge in [0.05, 0.1) is 17.5 Å². The van der Waals surface area contributed by atoms with Crippen molar-refractivity contribution in [1.29, 1.82) is 0 Å². The Morgan fingerprint density at radius 1 is 1.19 bits per heavy atom. The van der Waals surface area contributed by atoms with E-state index in [1.54, 1.807) is 0 Å². The second-order valence-corrected chi connectivity index (χ2v) is 5.61. The maximum Gasteiger partial charge on any atom is 0.342 e. The van der Waals surface area contributed by atoms with E-state index in [1.807, 2.05) is 57.4 Å². The standard InChI is InChI=1S/C16H18N2O2S/c1-10(2)20-15(19)13-11(3)17-16(21-4)18-14(13)12-8-6-5-7-9-12/h5-10H,1-4H3. The first-order chi connectivity index (χ1) is 10.0. The normalized spacial score (nSPS) is 10.7. The SMILES string of the molecule is CSc1nc(C)c(C(=O)OC(C)C)c(-c2ccccc2)n1. The van der Waals surface area contributed by atoms with Gasteiger partial charge in [-0.2, -0.15) is 0 Å². The average Bonchev–Trinajstić information content (AvgIpc) is 2.46. The van der Waals surface area contributed by atoms with Gasteiger partial charge in [-0.3, -0.25) is 0 Å². The van der Waals surface area contributed by atoms with Gasteiger partial charge in [0.15, 0.2) is 5.16 Å². The van der Waals surface area contributed by atoms with Crippen molar-refractivity contribution in [3.8, 4) is 11.3 Å². The summed E-state index contributed by atoms with van der Waals surface area (Å²) >= 11 is 1.45. The minimum absolute atomic E-state index is 0.180. The number of nitrogens with zero attached hydrogens (tertiary/aromatic N) is 2. The molecule has 5 heteroatoms. The van der Waals surface area contributed by atoms with E-state index < -0.39 is 0 Å². The molecule has 1 aromatic carbocycles. The van der Waals surface area contributed by atoms with Crippen LogP contribution >= 0.6 is 11.8 Å². The van der Waals surface area contributed by atoms with Crippen molar-refractivity contribution >= 4 is 17.7 Å². The number of thioether (sulfide) groups is 1. The van der Waals surface area contributed by atoms with Crippen LogP contribution in [-0.4, -0.2) is 28.3 Å². The second kappa shape index (κ2) is 6.72. The van der Waals surface area contributed by atoms with Gasteiger partial charge in [-0.25, -0.2) is 14.8 Å². The Morgan fingerprint density at radius 2 is 1.86 bits per heavy atom. The van der Waals surface area contributed by atoms with Crippen LogP contribution in [0.3, 0.4) is 0 Å². The fourth-order valence-electron chi connectivity index (χ4n) is 1.96. The minimum atomic E-state index is -0.381. The predicted octanol–water partition coefficient (Wildman–Crippen LogP) is 3.74. The maximum atomic E-state index is 12.4. The lowest BCUT2D eigenvalue weighted by molar-refractivity contribution is 0.0376. The quantitative estimate of drug-likeness (QED) is 0.489. The summed E-state index contributed by atoms with van der Waals surface area (Å²) in [5.41, 5.74) is 2.58. The van der Waals surface area contributed by atoms with Gasteiger partial charge >= 0.3 is 5.97 Å². The van der Waals surface area contributed by atoms with Crippen LogP contribution in [0.5, 0.6) is 0 Å². The van der Waals surface area contributed by atoms with Gasteiger partial charge in [-0.05, 0) is 27.0 Å². The van der Waals surface area contributed by atoms with Gasteiger partial charge in [-0.1, -0.05) is 42.1 Å². The second-order valence-electron chi connectivity index (χ2n) is 4.84. The first-order valence-corrected chi connectivity index (χ1v) is 7.94. The van der Waals surface area contributed by atoms with Gasteiger partial charge in [0.2, 0.25) is 0 Å². The predicted molar refractivity (Wildman–Crippen MR) is 84.5 cm³/mol. The Hall–Kier alpha value is -1.88. The van der Waals surface area contributed by atoms with Crippen molar-refractivity contribution in [3.05, 3.63) is 41.6 Å². The fraction of sp³-hybridized carbons (Fsp3) is 0.312. The summed E-state index contributed by atoms with van der Waals surface area (Å²) in [6, 6.07) is 9.63. The van der Waals surface area contributed by atoms with Crippen molar-refractivity contribution in [2.75, 3.05) is 6.26 Å². The number of carbonyl (C=O) groups is 1. The van der Waals surface area contributed by atoms with E-state index in [9.17, 15) is 4.79 Å². The van der Waals surface area contributed by atoms with Crippen LogP contribution in [0.1, 0.15) is 29.9 Å². The summed E-state index contributed by atoms with van der Waals surface area (Å²) in [5.74, 6) is -0.381. The monoisotopic (exact) mass is 302 g/mol. The molecular formula is C16H18N2O2S. The molecule has 0 bridgehead atoms. The van der Waals surface area contributed by atoms with Crippen molar-refractivity contribution in [1.82, 2.24) is 9.97 Å². The smallest absolute Gasteiger partial charge is 0.342 e. The third-order valence-corrected chi connectivity index (χ3v) is 3.39. The van der Waals surface area contributed by atoms with Crippen molar-refractivity contribution in [2.24, 2.45) is 0 Å². The molecule has 0 aliphatic heterocycles. The topological polar surface area (TPSA) is 52.1 Å². The molecule has 0 aliphatic rings. The molecule has 21 heavy (non-hydrogen) atoms. The lowest BCUT2D eigenvalue weighted by Crippen LogP contribution is -2.16. The zero-order valence-corrected chi connectivity index (χ0v) is 13.4. The Labute approximate surface area is 129 Å². The van der Waals surface area contributed by atoms with Crippen molar-refractivity contribution in [2.45, 2.75) is 32.0 Å². The third kappa shape index (κ3) is 3.61. The highest BCUT2D eigenvalue weighted by Crippen LogP contribution is 2.26. The average molecular weight is 302 g/mol. The molecule has 0 saturated heterocycles. The lowest BCUT2D eigenvalue weighted by atomic mass is 10.0. The van der Waals surface area contributed by atoms with Crippen LogP contribution in [-0.2, 0) is 4.74 Å². The fourth-order valence-corrected chi connectivity index (χ4v) is 2.37. The third-order valence-electron chi connectivity index (χ3n) is 2.85. The zero-order valence-electron chi connectivity index (χ0n) is 12.6. The highest BCUT2D eigenvalue weighted by molar-refractivity contribution is 7.98. The van der Waals surface area contributed by atoms with Crippen LogP contribution in [0.4, 0.5) is 0 Å². The van der Waals surface area contributed by atoms with Crippen LogP contribution in [0, 0.1) is 6.92 Å². The lowest BCUT2D eigenvalue weighted by Gasteiger charge is -2.14. The molecule has 0 saturated carbocycles. The molecule has 1 heterocycles. The zero-order chi connectivity index (χ0) is 15.4. The summed E-state index contributed by atoms with van der Waals surface area (Å²) < 4.78 is 5.33. The molecular weight excluding hydrogens is 284 g/mol. The molecule has 0 amide bonds. The van der Waals surface area contributed by atoms with E-state index >= 15 is 0 Å². The number of benzene rings is 1. The van der Waals surface area contributed by atoms with E-state index in [1.165, 1.54) is 11.8 Å². The number of esters is 1. The number of carbonyl (C=O) groups excluding carboxylic acids is 1. The molecule has 0 N–H and O–H groups in total. The maximum absolute atomic E-state index is 12.4. The summed E-state index contributed by atoms with van der Waals surface area (Å²) in [6.45, 7) is 5.46. The van der Waals surface area contributed by atoms with Gasteiger partial charge in [0, 0.05) is 5.56 Å². The van der Waals surface area contributed by atoms with Crippen LogP contribution in [0.15, 0.2) is 35.5 Å². The van der Waals surface area contributed by atoms with E-state index in [4.69, 9.17) is 4.74 Å². The summed E-state index contributed by atoms with van der Waals surface area (Å²) in [6.07, 6.45) is 1.73. The van der Waals surface area contributed by atoms with Crippen molar-refractivity contribution in [3.63, 3.8) is 0 Å². The largest absolute Gasteiger partial charge is 0.459 e. The highest BCUT2D eigenvalue weighted by atomic mass is 32.2. The molecule has 0 unspecified atom stereocenters. The Kier molecular flexibility index (Phi) is 4.96. The van der Waals surface area contributed by atoms with Crippen LogP contribution in [0.25, 0.3) is 11.3 Å². The van der Waals surface area contributed by atoms with Gasteiger partial charge in [-0.15, -0.1) is 0 Å². The molecule has 0 spiro atoms. The first kappa shape index (κ1) is 15.5. The molecule has 0 aliphatic carbocycles. The summed E-state index contributed by atoms with van der Waals surface area (Å²) in [7, 11) is 0. The Balaban J connectivity index is 2.60. The van der Waals surface area contributed by atoms with Crippen molar-refractivity contribution < 1.29 is 9.53 Å². The Morgan fingerprint density at radius 3 is 2.43 bits per heavy atom. The number of hydrogen-bond acceptors (Lipinski definition) is 5. The molecule has 0 atom stereocenters. The van der Waals surface area contributed by atoms with E-state index in [-0.39, 0.29) is 12.1 Å². The summed E-state index contributed by atoms with van der Waals surface area (Å²) in [5, 5.41) is 0.646. The number of rotatable bonds is 4. The molecule has 0 fully saturated rings. The van der Waals surface area contributed by atoms with E-state index in [2.05, 4.69) is 9.97 Å². The number of aromatic nitrogens is 2. The molecule has 110 valence electrons. The first-order valence-electron chi connectivity index (χ1n) is 6.72. The highest BCUT2D eigenvalue weighted by Gasteiger charge is 2.21. The Bertz CT molecular complexity index is 642. The van der Waals surface area contributed by atoms with E-state index in [0.29, 0.717) is 22.1 Å². The van der Waals surface area contributed by atoms with Crippen LogP contribution in [0.2, 0.25) is 0 Å². The number of ether oxygens (including phenoxy) is 1. The number of hydrogen-bond donors (Lipinski definition) is 0. The molecule has 4 nitrogen and oxygen atoms in total. The number of aryl methyl sites for hydroxylation is 1. The molecule has 0 radical (unpaired) electrons. The van der Waals surface area contributed by atoms with Gasteiger partial charge in [0.1, 0.15) is 5.56 Å². The molecule has 1 aromatic heterocycles. The summed E-state index contributed by atoms with van der Waals surface area (Å²) in [4.78, 5) is 21.2. The minimum Gasteiger partial charge on any atom is -0.459 e. The molecule has 2 aromatic rings. The van der Waals surface area contributed by atoms with E-state index in [0.717, 1.165) is 5.56 Å². The molecule has 2 rings (SSSR count). The van der Waals surface area contributed by atoms with Crippen LogP contribution < -0.4 is 0 Å².